The van der Waals surface area contributed by atoms with Gasteiger partial charge in [-0.3, -0.25) is 19.5 Å². The number of thiazole rings is 1. The Bertz CT molecular complexity index is 1750. The van der Waals surface area contributed by atoms with Crippen molar-refractivity contribution in [1.82, 2.24) is 4.57 Å². The first-order valence-corrected chi connectivity index (χ1v) is 13.1. The number of esters is 1. The molecule has 0 saturated carbocycles. The third-order valence-corrected chi connectivity index (χ3v) is 7.89. The third-order valence-electron chi connectivity index (χ3n) is 5.66. The van der Waals surface area contributed by atoms with E-state index in [0.29, 0.717) is 42.7 Å². The monoisotopic (exact) mass is 555 g/mol. The zero-order chi connectivity index (χ0) is 26.3. The molecule has 188 valence electrons. The van der Waals surface area contributed by atoms with E-state index in [1.165, 1.54) is 45.4 Å². The lowest BCUT2D eigenvalue weighted by Gasteiger charge is -2.23. The lowest BCUT2D eigenvalue weighted by atomic mass is 10.0. The summed E-state index contributed by atoms with van der Waals surface area (Å²) in [6, 6.07) is 10.4. The summed E-state index contributed by atoms with van der Waals surface area (Å²) in [7, 11) is 0. The lowest BCUT2D eigenvalue weighted by molar-refractivity contribution is -0.384. The SMILES string of the molecule is CCOC(=O)C1=C(C)N=c2sc(=Cc3ccc(-c4cc([N+](=O)[O-])ccc4Cl)o3)c(=O)n2C1c1cccs1. The first-order chi connectivity index (χ1) is 17.8. The number of carbonyl (C=O) groups excluding carboxylic acids is 1. The zero-order valence-electron chi connectivity index (χ0n) is 19.5. The number of halogens is 1. The van der Waals surface area contributed by atoms with E-state index < -0.39 is 16.9 Å². The Morgan fingerprint density at radius 1 is 1.32 bits per heavy atom. The molecule has 0 amide bonds. The van der Waals surface area contributed by atoms with Gasteiger partial charge in [0, 0.05) is 28.6 Å². The number of nitro groups is 1. The molecule has 4 aromatic rings. The summed E-state index contributed by atoms with van der Waals surface area (Å²) in [5, 5.41) is 13.3. The van der Waals surface area contributed by atoms with Gasteiger partial charge in [0.15, 0.2) is 4.80 Å². The van der Waals surface area contributed by atoms with E-state index in [9.17, 15) is 19.7 Å². The molecule has 1 unspecified atom stereocenters. The van der Waals surface area contributed by atoms with Crippen LogP contribution in [0.2, 0.25) is 5.02 Å². The van der Waals surface area contributed by atoms with Crippen LogP contribution in [0.1, 0.15) is 30.5 Å². The fraction of sp³-hybridized carbons (Fsp3) is 0.160. The highest BCUT2D eigenvalue weighted by Gasteiger charge is 2.33. The van der Waals surface area contributed by atoms with E-state index in [2.05, 4.69) is 4.99 Å². The molecular formula is C25H18ClN3O6S2. The van der Waals surface area contributed by atoms with Crippen LogP contribution in [0, 0.1) is 10.1 Å². The van der Waals surface area contributed by atoms with Gasteiger partial charge < -0.3 is 9.15 Å². The van der Waals surface area contributed by atoms with Crippen molar-refractivity contribution in [2.24, 2.45) is 4.99 Å². The largest absolute Gasteiger partial charge is 0.463 e. The van der Waals surface area contributed by atoms with Gasteiger partial charge in [0.05, 0.1) is 32.4 Å². The summed E-state index contributed by atoms with van der Waals surface area (Å²) in [4.78, 5) is 42.9. The highest BCUT2D eigenvalue weighted by molar-refractivity contribution is 7.10. The summed E-state index contributed by atoms with van der Waals surface area (Å²) < 4.78 is 13.0. The van der Waals surface area contributed by atoms with Crippen LogP contribution in [0.15, 0.2) is 73.3 Å². The first-order valence-electron chi connectivity index (χ1n) is 11.1. The van der Waals surface area contributed by atoms with Crippen LogP contribution in [-0.4, -0.2) is 22.1 Å². The number of hydrogen-bond acceptors (Lipinski definition) is 9. The molecule has 0 N–H and O–H groups in total. The molecule has 9 nitrogen and oxygen atoms in total. The fourth-order valence-electron chi connectivity index (χ4n) is 4.03. The summed E-state index contributed by atoms with van der Waals surface area (Å²) >= 11 is 8.85. The maximum Gasteiger partial charge on any atom is 0.338 e. The van der Waals surface area contributed by atoms with E-state index in [4.69, 9.17) is 20.8 Å². The van der Waals surface area contributed by atoms with E-state index in [1.54, 1.807) is 32.1 Å². The Morgan fingerprint density at radius 3 is 2.84 bits per heavy atom. The Morgan fingerprint density at radius 2 is 2.14 bits per heavy atom. The summed E-state index contributed by atoms with van der Waals surface area (Å²) in [6.07, 6.45) is 1.58. The number of benzene rings is 1. The van der Waals surface area contributed by atoms with E-state index in [1.807, 2.05) is 17.5 Å². The van der Waals surface area contributed by atoms with Crippen molar-refractivity contribution in [3.8, 4) is 11.3 Å². The minimum Gasteiger partial charge on any atom is -0.463 e. The molecule has 1 aromatic carbocycles. The summed E-state index contributed by atoms with van der Waals surface area (Å²) in [5.41, 5.74) is 0.730. The number of nitro benzene ring substituents is 1. The molecule has 37 heavy (non-hydrogen) atoms. The van der Waals surface area contributed by atoms with Gasteiger partial charge in [-0.15, -0.1) is 11.3 Å². The van der Waals surface area contributed by atoms with Crippen LogP contribution in [0.5, 0.6) is 0 Å². The second-order valence-corrected chi connectivity index (χ2v) is 10.3. The van der Waals surface area contributed by atoms with Crippen LogP contribution in [-0.2, 0) is 9.53 Å². The molecule has 1 atom stereocenters. The van der Waals surface area contributed by atoms with Gasteiger partial charge >= 0.3 is 5.97 Å². The van der Waals surface area contributed by atoms with Gasteiger partial charge in [-0.25, -0.2) is 9.79 Å². The number of fused-ring (bicyclic) bond motifs is 1. The first kappa shape index (κ1) is 24.9. The Balaban J connectivity index is 1.61. The number of aromatic nitrogens is 1. The van der Waals surface area contributed by atoms with E-state index >= 15 is 0 Å². The fourth-order valence-corrected chi connectivity index (χ4v) is 6.09. The van der Waals surface area contributed by atoms with E-state index in [-0.39, 0.29) is 17.9 Å². The Kier molecular flexibility index (Phi) is 6.67. The number of nitrogens with zero attached hydrogens (tertiary/aromatic N) is 3. The smallest absolute Gasteiger partial charge is 0.338 e. The maximum atomic E-state index is 13.6. The molecule has 0 aliphatic carbocycles. The molecule has 3 aromatic heterocycles. The minimum absolute atomic E-state index is 0.119. The molecule has 1 aliphatic rings. The van der Waals surface area contributed by atoms with Crippen molar-refractivity contribution in [1.29, 1.82) is 0 Å². The van der Waals surface area contributed by atoms with Crippen LogP contribution in [0.25, 0.3) is 17.4 Å². The summed E-state index contributed by atoms with van der Waals surface area (Å²) in [6.45, 7) is 3.65. The second kappa shape index (κ2) is 9.92. The van der Waals surface area contributed by atoms with Crippen LogP contribution in [0.4, 0.5) is 5.69 Å². The van der Waals surface area contributed by atoms with E-state index in [0.717, 1.165) is 4.88 Å². The van der Waals surface area contributed by atoms with Gasteiger partial charge in [-0.2, -0.15) is 0 Å². The average molecular weight is 556 g/mol. The van der Waals surface area contributed by atoms with Gasteiger partial charge in [0.2, 0.25) is 0 Å². The predicted octanol–water partition coefficient (Wildman–Crippen LogP) is 4.68. The molecule has 0 saturated heterocycles. The second-order valence-electron chi connectivity index (χ2n) is 7.94. The molecule has 1 aliphatic heterocycles. The Hall–Kier alpha value is -3.80. The van der Waals surface area contributed by atoms with Gasteiger partial charge in [-0.05, 0) is 43.5 Å². The van der Waals surface area contributed by atoms with Gasteiger partial charge in [0.1, 0.15) is 17.6 Å². The van der Waals surface area contributed by atoms with Crippen LogP contribution >= 0.6 is 34.3 Å². The number of rotatable bonds is 6. The zero-order valence-corrected chi connectivity index (χ0v) is 21.9. The quantitative estimate of drug-likeness (QED) is 0.194. The molecule has 0 bridgehead atoms. The number of non-ortho nitro benzene ring substituents is 1. The number of hydrogen-bond donors (Lipinski definition) is 0. The number of carbonyl (C=O) groups is 1. The van der Waals surface area contributed by atoms with Crippen molar-refractivity contribution in [3.05, 3.63) is 105 Å². The maximum absolute atomic E-state index is 13.6. The van der Waals surface area contributed by atoms with Gasteiger partial charge in [0.25, 0.3) is 11.2 Å². The topological polar surface area (TPSA) is 117 Å². The highest BCUT2D eigenvalue weighted by Crippen LogP contribution is 2.34. The van der Waals surface area contributed by atoms with Crippen molar-refractivity contribution in [2.75, 3.05) is 6.61 Å². The Labute approximate surface area is 222 Å². The molecule has 0 radical (unpaired) electrons. The average Bonchev–Trinajstić information content (AvgIpc) is 3.61. The predicted molar refractivity (Wildman–Crippen MR) is 141 cm³/mol. The van der Waals surface area contributed by atoms with Crippen molar-refractivity contribution >= 4 is 52.0 Å². The minimum atomic E-state index is -0.659. The summed E-state index contributed by atoms with van der Waals surface area (Å²) in [5.74, 6) is 0.169. The van der Waals surface area contributed by atoms with Crippen molar-refractivity contribution in [2.45, 2.75) is 19.9 Å². The van der Waals surface area contributed by atoms with Gasteiger partial charge in [-0.1, -0.05) is 29.0 Å². The molecular weight excluding hydrogens is 538 g/mol. The van der Waals surface area contributed by atoms with Crippen LogP contribution in [0.3, 0.4) is 0 Å². The molecule has 5 rings (SSSR count). The number of furan rings is 1. The normalized spacial score (nSPS) is 15.4. The number of allylic oxidation sites excluding steroid dienone is 1. The number of thiophene rings is 1. The molecule has 0 fully saturated rings. The molecule has 4 heterocycles. The van der Waals surface area contributed by atoms with Crippen molar-refractivity contribution in [3.63, 3.8) is 0 Å². The standard InChI is InChI=1S/C25H18ClN3O6S2/c1-3-34-24(31)21-13(2)27-25-28(22(21)19-5-4-10-36-19)23(30)20(37-25)12-15-7-9-18(35-15)16-11-14(29(32)33)6-8-17(16)26/h4-12,22H,3H2,1-2H3. The van der Waals surface area contributed by atoms with Crippen LogP contribution < -0.4 is 14.9 Å². The third kappa shape index (κ3) is 4.57. The lowest BCUT2D eigenvalue weighted by Crippen LogP contribution is -2.39. The highest BCUT2D eigenvalue weighted by atomic mass is 35.5. The van der Waals surface area contributed by atoms with Crippen molar-refractivity contribution < 1.29 is 18.9 Å². The number of ether oxygens (including phenoxy) is 1. The molecule has 0 spiro atoms. The molecule has 12 heteroatoms.